The van der Waals surface area contributed by atoms with Crippen LogP contribution in [0.3, 0.4) is 0 Å². The Morgan fingerprint density at radius 1 is 1.38 bits per heavy atom. The molecule has 0 saturated carbocycles. The molecule has 8 heavy (non-hydrogen) atoms. The van der Waals surface area contributed by atoms with Crippen molar-refractivity contribution in [1.29, 1.82) is 0 Å². The van der Waals surface area contributed by atoms with Gasteiger partial charge in [-0.2, -0.15) is 0 Å². The molecule has 0 aliphatic heterocycles. The van der Waals surface area contributed by atoms with E-state index in [0.717, 1.165) is 0 Å². The van der Waals surface area contributed by atoms with Crippen molar-refractivity contribution in [2.75, 3.05) is 19.7 Å². The molecule has 0 N–H and O–H groups in total. The van der Waals surface area contributed by atoms with Crippen molar-refractivity contribution in [3.05, 3.63) is 0 Å². The molecule has 0 aromatic carbocycles. The van der Waals surface area contributed by atoms with Gasteiger partial charge in [0.25, 0.3) is 0 Å². The second-order valence-corrected chi connectivity index (χ2v) is 5.83. The molecule has 0 bridgehead atoms. The van der Waals surface area contributed by atoms with E-state index in [2.05, 4.69) is 0 Å². The standard InChI is InChI=1S/C4H11ClO2Si/c1-6-8(3,4-5)7-2/h4H2,1-3H3. The third-order valence-corrected chi connectivity index (χ3v) is 4.78. The quantitative estimate of drug-likeness (QED) is 0.448. The van der Waals surface area contributed by atoms with E-state index in [-0.39, 0.29) is 0 Å². The van der Waals surface area contributed by atoms with E-state index in [1.807, 2.05) is 6.55 Å². The summed E-state index contributed by atoms with van der Waals surface area (Å²) in [5, 5.41) is 0. The first-order valence-electron chi connectivity index (χ1n) is 2.35. The molecule has 0 unspecified atom stereocenters. The maximum Gasteiger partial charge on any atom is 0.349 e. The first-order chi connectivity index (χ1) is 3.68. The number of halogens is 1. The van der Waals surface area contributed by atoms with Crippen molar-refractivity contribution in [2.45, 2.75) is 6.55 Å². The van der Waals surface area contributed by atoms with E-state index in [4.69, 9.17) is 20.5 Å². The fourth-order valence-electron chi connectivity index (χ4n) is 0.192. The molecule has 2 nitrogen and oxygen atoms in total. The lowest BCUT2D eigenvalue weighted by atomic mass is 11.8. The maximum absolute atomic E-state index is 5.52. The fraction of sp³-hybridized carbons (Fsp3) is 1.00. The predicted octanol–water partition coefficient (Wildman–Crippen LogP) is 1.13. The van der Waals surface area contributed by atoms with Crippen LogP contribution in [0.4, 0.5) is 0 Å². The van der Waals surface area contributed by atoms with Gasteiger partial charge in [0.1, 0.15) is 0 Å². The van der Waals surface area contributed by atoms with E-state index < -0.39 is 8.56 Å². The van der Waals surface area contributed by atoms with Crippen LogP contribution in [0.2, 0.25) is 6.55 Å². The third kappa shape index (κ3) is 2.13. The Bertz CT molecular complexity index is 56.8. The second-order valence-electron chi connectivity index (χ2n) is 1.68. The number of hydrogen-bond donors (Lipinski definition) is 0. The second kappa shape index (κ2) is 3.45. The number of rotatable bonds is 3. The summed E-state index contributed by atoms with van der Waals surface area (Å²) in [7, 11) is 1.34. The van der Waals surface area contributed by atoms with Gasteiger partial charge in [0.05, 0.1) is 5.50 Å². The van der Waals surface area contributed by atoms with E-state index in [1.165, 1.54) is 0 Å². The van der Waals surface area contributed by atoms with Gasteiger partial charge in [-0.1, -0.05) is 0 Å². The van der Waals surface area contributed by atoms with Gasteiger partial charge in [-0.3, -0.25) is 0 Å². The molecule has 0 spiro atoms. The summed E-state index contributed by atoms with van der Waals surface area (Å²) in [6.07, 6.45) is 0. The first-order valence-corrected chi connectivity index (χ1v) is 5.40. The van der Waals surface area contributed by atoms with Crippen LogP contribution < -0.4 is 0 Å². The Morgan fingerprint density at radius 3 is 1.75 bits per heavy atom. The van der Waals surface area contributed by atoms with Gasteiger partial charge in [0.15, 0.2) is 0 Å². The summed E-state index contributed by atoms with van der Waals surface area (Å²) in [4.78, 5) is 0. The highest BCUT2D eigenvalue weighted by Crippen LogP contribution is 2.04. The molecule has 0 aromatic heterocycles. The predicted molar refractivity (Wildman–Crippen MR) is 36.4 cm³/mol. The molecule has 0 aliphatic carbocycles. The Morgan fingerprint density at radius 2 is 1.75 bits per heavy atom. The number of hydrogen-bond acceptors (Lipinski definition) is 2. The van der Waals surface area contributed by atoms with E-state index in [1.54, 1.807) is 14.2 Å². The Kier molecular flexibility index (Phi) is 3.64. The van der Waals surface area contributed by atoms with Gasteiger partial charge in [0.2, 0.25) is 0 Å². The van der Waals surface area contributed by atoms with Gasteiger partial charge < -0.3 is 8.85 Å². The Balaban J connectivity index is 3.58. The first kappa shape index (κ1) is 8.43. The highest BCUT2D eigenvalue weighted by atomic mass is 35.5. The van der Waals surface area contributed by atoms with Crippen LogP contribution in [0, 0.1) is 0 Å². The summed E-state index contributed by atoms with van der Waals surface area (Å²) < 4.78 is 10.0. The van der Waals surface area contributed by atoms with E-state index in [0.29, 0.717) is 5.50 Å². The van der Waals surface area contributed by atoms with Gasteiger partial charge >= 0.3 is 8.56 Å². The molecule has 0 aromatic rings. The lowest BCUT2D eigenvalue weighted by Crippen LogP contribution is -2.38. The van der Waals surface area contributed by atoms with Crippen LogP contribution in [0.5, 0.6) is 0 Å². The normalized spacial score (nSPS) is 12.0. The molecular weight excluding hydrogens is 144 g/mol. The highest BCUT2D eigenvalue weighted by Gasteiger charge is 2.26. The Labute approximate surface area is 56.0 Å². The van der Waals surface area contributed by atoms with Crippen molar-refractivity contribution in [1.82, 2.24) is 0 Å². The van der Waals surface area contributed by atoms with Gasteiger partial charge in [-0.25, -0.2) is 0 Å². The summed E-state index contributed by atoms with van der Waals surface area (Å²) in [6.45, 7) is 1.92. The summed E-state index contributed by atoms with van der Waals surface area (Å²) in [5.41, 5.74) is 0.486. The average Bonchev–Trinajstić information content (AvgIpc) is 1.87. The van der Waals surface area contributed by atoms with Crippen LogP contribution in [-0.2, 0) is 8.85 Å². The zero-order valence-electron chi connectivity index (χ0n) is 5.40. The SMILES string of the molecule is CO[Si](C)(CCl)OC. The molecule has 0 heterocycles. The Hall–Kier alpha value is 0.427. The molecule has 0 radical (unpaired) electrons. The van der Waals surface area contributed by atoms with Crippen molar-refractivity contribution in [3.8, 4) is 0 Å². The summed E-state index contributed by atoms with van der Waals surface area (Å²) >= 11 is 5.52. The monoisotopic (exact) mass is 154 g/mol. The van der Waals surface area contributed by atoms with Crippen LogP contribution in [0.15, 0.2) is 0 Å². The zero-order valence-corrected chi connectivity index (χ0v) is 7.16. The fourth-order valence-corrected chi connectivity index (χ4v) is 1.23. The summed E-state index contributed by atoms with van der Waals surface area (Å²) in [6, 6.07) is 0. The van der Waals surface area contributed by atoms with Crippen molar-refractivity contribution in [3.63, 3.8) is 0 Å². The highest BCUT2D eigenvalue weighted by molar-refractivity contribution is 6.73. The van der Waals surface area contributed by atoms with Crippen LogP contribution >= 0.6 is 11.6 Å². The largest absolute Gasteiger partial charge is 0.397 e. The van der Waals surface area contributed by atoms with E-state index in [9.17, 15) is 0 Å². The van der Waals surface area contributed by atoms with Gasteiger partial charge in [-0.05, 0) is 6.55 Å². The van der Waals surface area contributed by atoms with Gasteiger partial charge in [-0.15, -0.1) is 11.6 Å². The van der Waals surface area contributed by atoms with Crippen LogP contribution in [0.1, 0.15) is 0 Å². The topological polar surface area (TPSA) is 18.5 Å². The molecule has 50 valence electrons. The van der Waals surface area contributed by atoms with Crippen LogP contribution in [-0.4, -0.2) is 28.3 Å². The molecule has 0 rings (SSSR count). The minimum Gasteiger partial charge on any atom is -0.397 e. The molecule has 0 fully saturated rings. The molecule has 0 saturated heterocycles. The number of alkyl halides is 1. The third-order valence-electron chi connectivity index (χ3n) is 1.11. The van der Waals surface area contributed by atoms with Crippen molar-refractivity contribution in [2.24, 2.45) is 0 Å². The van der Waals surface area contributed by atoms with Crippen LogP contribution in [0.25, 0.3) is 0 Å². The average molecular weight is 155 g/mol. The van der Waals surface area contributed by atoms with Gasteiger partial charge in [0, 0.05) is 14.2 Å². The lowest BCUT2D eigenvalue weighted by Gasteiger charge is -2.18. The molecule has 0 amide bonds. The molecule has 0 atom stereocenters. The summed E-state index contributed by atoms with van der Waals surface area (Å²) in [5.74, 6) is 0. The molecule has 0 aliphatic rings. The minimum atomic E-state index is -1.91. The molecular formula is C4H11ClO2Si. The zero-order chi connectivity index (χ0) is 6.62. The van der Waals surface area contributed by atoms with E-state index >= 15 is 0 Å². The van der Waals surface area contributed by atoms with Crippen molar-refractivity contribution < 1.29 is 8.85 Å². The maximum atomic E-state index is 5.52. The smallest absolute Gasteiger partial charge is 0.349 e. The lowest BCUT2D eigenvalue weighted by molar-refractivity contribution is 0.256. The van der Waals surface area contributed by atoms with Crippen molar-refractivity contribution >= 4 is 20.2 Å². The minimum absolute atomic E-state index is 0.486. The molecule has 4 heteroatoms.